The highest BCUT2D eigenvalue weighted by molar-refractivity contribution is 5.80. The maximum atomic E-state index is 14.1. The van der Waals surface area contributed by atoms with Gasteiger partial charge in [-0.3, -0.25) is 9.59 Å². The number of hydrogen-bond donors (Lipinski definition) is 0. The molecule has 3 aromatic rings. The van der Waals surface area contributed by atoms with Crippen LogP contribution in [0.1, 0.15) is 48.6 Å². The third-order valence-corrected chi connectivity index (χ3v) is 6.43. The maximum Gasteiger partial charge on any atom is 0.263 e. The van der Waals surface area contributed by atoms with Crippen LogP contribution < -0.4 is 4.74 Å². The van der Waals surface area contributed by atoms with Crippen molar-refractivity contribution in [1.82, 2.24) is 9.80 Å². The van der Waals surface area contributed by atoms with E-state index in [1.165, 1.54) is 12.1 Å². The van der Waals surface area contributed by atoms with Crippen molar-refractivity contribution in [1.29, 1.82) is 0 Å². The highest BCUT2D eigenvalue weighted by Crippen LogP contribution is 2.38. The van der Waals surface area contributed by atoms with E-state index in [0.717, 1.165) is 22.3 Å². The molecule has 2 atom stereocenters. The molecule has 1 aliphatic heterocycles. The van der Waals surface area contributed by atoms with Crippen molar-refractivity contribution in [2.45, 2.75) is 45.4 Å². The first-order chi connectivity index (χ1) is 16.9. The lowest BCUT2D eigenvalue weighted by molar-refractivity contribution is -0.137. The summed E-state index contributed by atoms with van der Waals surface area (Å²) in [5.74, 6) is 0.0925. The molecule has 0 saturated heterocycles. The van der Waals surface area contributed by atoms with Crippen LogP contribution in [0.2, 0.25) is 0 Å². The summed E-state index contributed by atoms with van der Waals surface area (Å²) in [6.07, 6.45) is 0.393. The molecular formula is C29H31FN2O3. The minimum atomic E-state index is -0.689. The van der Waals surface area contributed by atoms with E-state index in [9.17, 15) is 14.0 Å². The Bertz CT molecular complexity index is 1200. The lowest BCUT2D eigenvalue weighted by atomic mass is 9.87. The van der Waals surface area contributed by atoms with Gasteiger partial charge in [0.1, 0.15) is 11.6 Å². The van der Waals surface area contributed by atoms with Gasteiger partial charge in [-0.1, -0.05) is 55.5 Å². The number of halogens is 1. The Morgan fingerprint density at radius 1 is 1.09 bits per heavy atom. The molecule has 4 rings (SSSR count). The summed E-state index contributed by atoms with van der Waals surface area (Å²) in [5, 5.41) is 0. The van der Waals surface area contributed by atoms with Crippen LogP contribution in [-0.2, 0) is 22.6 Å². The van der Waals surface area contributed by atoms with E-state index in [-0.39, 0.29) is 17.6 Å². The molecule has 0 unspecified atom stereocenters. The molecule has 0 aliphatic carbocycles. The quantitative estimate of drug-likeness (QED) is 0.477. The lowest BCUT2D eigenvalue weighted by Crippen LogP contribution is -2.40. The van der Waals surface area contributed by atoms with Crippen molar-refractivity contribution >= 4 is 11.8 Å². The molecule has 1 aliphatic rings. The zero-order valence-electron chi connectivity index (χ0n) is 20.4. The van der Waals surface area contributed by atoms with Gasteiger partial charge in [-0.15, -0.1) is 0 Å². The number of fused-ring (bicyclic) bond motifs is 1. The van der Waals surface area contributed by atoms with Crippen molar-refractivity contribution in [3.63, 3.8) is 0 Å². The van der Waals surface area contributed by atoms with Gasteiger partial charge in [0, 0.05) is 26.6 Å². The number of carbonyl (C=O) groups excluding carboxylic acids is 2. The van der Waals surface area contributed by atoms with Gasteiger partial charge in [0.15, 0.2) is 6.10 Å². The number of hydrogen-bond acceptors (Lipinski definition) is 3. The fourth-order valence-corrected chi connectivity index (χ4v) is 4.67. The molecule has 0 aromatic heterocycles. The van der Waals surface area contributed by atoms with Crippen LogP contribution in [0, 0.1) is 5.82 Å². The van der Waals surface area contributed by atoms with E-state index in [1.807, 2.05) is 66.4 Å². The Labute approximate surface area is 206 Å². The molecule has 35 heavy (non-hydrogen) atoms. The van der Waals surface area contributed by atoms with Gasteiger partial charge in [-0.25, -0.2) is 4.39 Å². The average Bonchev–Trinajstić information content (AvgIpc) is 2.87. The largest absolute Gasteiger partial charge is 0.481 e. The van der Waals surface area contributed by atoms with Gasteiger partial charge < -0.3 is 14.5 Å². The van der Waals surface area contributed by atoms with Crippen molar-refractivity contribution in [2.24, 2.45) is 0 Å². The minimum Gasteiger partial charge on any atom is -0.481 e. The summed E-state index contributed by atoms with van der Waals surface area (Å²) in [4.78, 5) is 29.2. The van der Waals surface area contributed by atoms with E-state index < -0.39 is 12.1 Å². The van der Waals surface area contributed by atoms with E-state index >= 15 is 0 Å². The van der Waals surface area contributed by atoms with E-state index in [4.69, 9.17) is 4.74 Å². The molecule has 1 heterocycles. The summed E-state index contributed by atoms with van der Waals surface area (Å²) in [7, 11) is 1.76. The van der Waals surface area contributed by atoms with Gasteiger partial charge in [0.2, 0.25) is 5.91 Å². The van der Waals surface area contributed by atoms with E-state index in [0.29, 0.717) is 31.7 Å². The molecule has 5 nitrogen and oxygen atoms in total. The van der Waals surface area contributed by atoms with Crippen molar-refractivity contribution in [2.75, 3.05) is 13.6 Å². The predicted molar refractivity (Wildman–Crippen MR) is 133 cm³/mol. The Kier molecular flexibility index (Phi) is 7.49. The van der Waals surface area contributed by atoms with Gasteiger partial charge in [0.25, 0.3) is 5.91 Å². The molecule has 2 amide bonds. The van der Waals surface area contributed by atoms with Crippen LogP contribution in [-0.4, -0.2) is 41.3 Å². The summed E-state index contributed by atoms with van der Waals surface area (Å²) < 4.78 is 20.2. The number of rotatable bonds is 7. The highest BCUT2D eigenvalue weighted by Gasteiger charge is 2.32. The number of carbonyl (C=O) groups is 2. The van der Waals surface area contributed by atoms with Crippen molar-refractivity contribution < 1.29 is 18.7 Å². The van der Waals surface area contributed by atoms with Crippen LogP contribution >= 0.6 is 0 Å². The smallest absolute Gasteiger partial charge is 0.263 e. The fourth-order valence-electron chi connectivity index (χ4n) is 4.67. The lowest BCUT2D eigenvalue weighted by Gasteiger charge is -2.38. The molecule has 6 heteroatoms. The van der Waals surface area contributed by atoms with Gasteiger partial charge >= 0.3 is 0 Å². The Morgan fingerprint density at radius 3 is 2.57 bits per heavy atom. The number of ether oxygens (including phenoxy) is 1. The molecule has 182 valence electrons. The molecule has 0 spiro atoms. The fraction of sp³-hybridized carbons (Fsp3) is 0.310. The summed E-state index contributed by atoms with van der Waals surface area (Å²) in [5.41, 5.74) is 3.75. The third-order valence-electron chi connectivity index (χ3n) is 6.43. The molecule has 0 saturated carbocycles. The number of benzene rings is 3. The normalized spacial score (nSPS) is 15.8. The number of amides is 2. The Balaban J connectivity index is 1.58. The van der Waals surface area contributed by atoms with Crippen LogP contribution in [0.15, 0.2) is 72.8 Å². The first kappa shape index (κ1) is 24.5. The summed E-state index contributed by atoms with van der Waals surface area (Å²) >= 11 is 0. The van der Waals surface area contributed by atoms with Crippen molar-refractivity contribution in [3.8, 4) is 5.75 Å². The van der Waals surface area contributed by atoms with Crippen LogP contribution in [0.4, 0.5) is 4.39 Å². The van der Waals surface area contributed by atoms with Crippen LogP contribution in [0.5, 0.6) is 5.75 Å². The Morgan fingerprint density at radius 2 is 1.86 bits per heavy atom. The average molecular weight is 475 g/mol. The molecule has 0 bridgehead atoms. The molecular weight excluding hydrogens is 443 g/mol. The molecule has 0 fully saturated rings. The van der Waals surface area contributed by atoms with E-state index in [1.54, 1.807) is 24.9 Å². The SMILES string of the molecule is CCC(=O)N1CCc2ccc(O[C@@H](C)C(=O)N(C)Cc3ccccc3)cc2[C@H]1c1cccc(F)c1. The standard InChI is InChI=1S/C29H31FN2O3/c1-4-27(33)32-16-15-22-13-14-25(18-26(22)28(32)23-11-8-12-24(30)17-23)35-20(2)29(34)31(3)19-21-9-6-5-7-10-21/h5-14,17-18,20,28H,4,15-16,19H2,1-3H3/t20-,28+/m0/s1. The van der Waals surface area contributed by atoms with Crippen LogP contribution in [0.3, 0.4) is 0 Å². The Hall–Kier alpha value is -3.67. The first-order valence-corrected chi connectivity index (χ1v) is 12.0. The van der Waals surface area contributed by atoms with Gasteiger partial charge in [-0.05, 0) is 59.9 Å². The third kappa shape index (κ3) is 5.53. The van der Waals surface area contributed by atoms with Crippen molar-refractivity contribution in [3.05, 3.63) is 101 Å². The second-order valence-corrected chi connectivity index (χ2v) is 8.95. The second-order valence-electron chi connectivity index (χ2n) is 8.95. The number of nitrogens with zero attached hydrogens (tertiary/aromatic N) is 2. The molecule has 0 N–H and O–H groups in total. The topological polar surface area (TPSA) is 49.9 Å². The highest BCUT2D eigenvalue weighted by atomic mass is 19.1. The van der Waals surface area contributed by atoms with Gasteiger partial charge in [0.05, 0.1) is 6.04 Å². The molecule has 3 aromatic carbocycles. The number of likely N-dealkylation sites (N-methyl/N-ethyl adjacent to an activating group) is 1. The summed E-state index contributed by atoms with van der Waals surface area (Å²) in [6, 6.07) is 21.5. The van der Waals surface area contributed by atoms with Crippen LogP contribution in [0.25, 0.3) is 0 Å². The minimum absolute atomic E-state index is 0.0160. The summed E-state index contributed by atoms with van der Waals surface area (Å²) in [6.45, 7) is 4.63. The maximum absolute atomic E-state index is 14.1. The molecule has 0 radical (unpaired) electrons. The first-order valence-electron chi connectivity index (χ1n) is 12.0. The monoisotopic (exact) mass is 474 g/mol. The zero-order chi connectivity index (χ0) is 24.9. The van der Waals surface area contributed by atoms with Gasteiger partial charge in [-0.2, -0.15) is 0 Å². The van der Waals surface area contributed by atoms with E-state index in [2.05, 4.69) is 0 Å². The predicted octanol–water partition coefficient (Wildman–Crippen LogP) is 5.14. The second kappa shape index (κ2) is 10.7. The zero-order valence-corrected chi connectivity index (χ0v) is 20.4.